The third-order valence-electron chi connectivity index (χ3n) is 4.40. The molecule has 27 heavy (non-hydrogen) atoms. The van der Waals surface area contributed by atoms with Crippen LogP contribution < -0.4 is 11.2 Å². The van der Waals surface area contributed by atoms with E-state index in [9.17, 15) is 14.9 Å². The molecule has 0 aliphatic carbocycles. The summed E-state index contributed by atoms with van der Waals surface area (Å²) in [6.45, 7) is 10.2. The highest BCUT2D eigenvalue weighted by molar-refractivity contribution is 7.99. The zero-order valence-electron chi connectivity index (χ0n) is 16.9. The maximum absolute atomic E-state index is 12.8. The van der Waals surface area contributed by atoms with Crippen molar-refractivity contribution in [3.05, 3.63) is 26.7 Å². The van der Waals surface area contributed by atoms with Crippen LogP contribution in [0, 0.1) is 16.7 Å². The van der Waals surface area contributed by atoms with E-state index in [1.54, 1.807) is 4.57 Å². The SMILES string of the molecule is CCCn1c(=O)n(C)c(=O)c2c(SCCC(C)(C)C#N)nc(C(C)C)nc21. The lowest BCUT2D eigenvalue weighted by Crippen LogP contribution is -2.39. The van der Waals surface area contributed by atoms with E-state index in [4.69, 9.17) is 0 Å². The predicted molar refractivity (Wildman–Crippen MR) is 108 cm³/mol. The fourth-order valence-corrected chi connectivity index (χ4v) is 3.89. The van der Waals surface area contributed by atoms with Crippen molar-refractivity contribution in [2.45, 2.75) is 64.9 Å². The van der Waals surface area contributed by atoms with Crippen molar-refractivity contribution in [2.75, 3.05) is 5.75 Å². The number of nitriles is 1. The van der Waals surface area contributed by atoms with Crippen LogP contribution in [0.2, 0.25) is 0 Å². The summed E-state index contributed by atoms with van der Waals surface area (Å²) in [5, 5.41) is 10.2. The normalized spacial score (nSPS) is 11.9. The van der Waals surface area contributed by atoms with Crippen LogP contribution in [0.5, 0.6) is 0 Å². The maximum atomic E-state index is 12.8. The van der Waals surface area contributed by atoms with Gasteiger partial charge >= 0.3 is 5.69 Å². The summed E-state index contributed by atoms with van der Waals surface area (Å²) in [6, 6.07) is 2.29. The molecule has 146 valence electrons. The minimum atomic E-state index is -0.439. The molecule has 2 heterocycles. The molecule has 0 atom stereocenters. The minimum absolute atomic E-state index is 0.0681. The van der Waals surface area contributed by atoms with Crippen molar-refractivity contribution >= 4 is 22.8 Å². The Kier molecular flexibility index (Phi) is 6.47. The van der Waals surface area contributed by atoms with Gasteiger partial charge in [-0.1, -0.05) is 20.8 Å². The van der Waals surface area contributed by atoms with Crippen molar-refractivity contribution in [1.29, 1.82) is 5.26 Å². The summed E-state index contributed by atoms with van der Waals surface area (Å²) in [4.78, 5) is 34.6. The lowest BCUT2D eigenvalue weighted by atomic mass is 9.93. The Morgan fingerprint density at radius 1 is 1.26 bits per heavy atom. The number of rotatable bonds is 7. The van der Waals surface area contributed by atoms with Crippen LogP contribution in [-0.4, -0.2) is 24.9 Å². The molecule has 0 aromatic carbocycles. The average Bonchev–Trinajstić information content (AvgIpc) is 2.62. The molecule has 0 spiro atoms. The van der Waals surface area contributed by atoms with Gasteiger partial charge in [0.2, 0.25) is 0 Å². The van der Waals surface area contributed by atoms with Crippen molar-refractivity contribution in [3.8, 4) is 6.07 Å². The Labute approximate surface area is 163 Å². The van der Waals surface area contributed by atoms with Crippen LogP contribution in [0.3, 0.4) is 0 Å². The Balaban J connectivity index is 2.69. The molecule has 0 aliphatic heterocycles. The van der Waals surface area contributed by atoms with Gasteiger partial charge in [0, 0.05) is 25.3 Å². The van der Waals surface area contributed by atoms with Gasteiger partial charge in [-0.05, 0) is 26.7 Å². The van der Waals surface area contributed by atoms with E-state index in [0.717, 1.165) is 11.0 Å². The van der Waals surface area contributed by atoms with Gasteiger partial charge in [-0.2, -0.15) is 5.26 Å². The average molecular weight is 390 g/mol. The van der Waals surface area contributed by atoms with Crippen LogP contribution in [0.15, 0.2) is 14.6 Å². The molecule has 0 fully saturated rings. The first-order chi connectivity index (χ1) is 12.6. The second kappa shape index (κ2) is 8.26. The first kappa shape index (κ1) is 21.2. The molecule has 0 amide bonds. The Morgan fingerprint density at radius 3 is 2.48 bits per heavy atom. The van der Waals surface area contributed by atoms with Gasteiger partial charge < -0.3 is 0 Å². The topological polar surface area (TPSA) is 93.6 Å². The molecule has 0 saturated carbocycles. The molecule has 7 nitrogen and oxygen atoms in total. The van der Waals surface area contributed by atoms with E-state index in [1.165, 1.54) is 18.8 Å². The first-order valence-electron chi connectivity index (χ1n) is 9.18. The van der Waals surface area contributed by atoms with Crippen LogP contribution in [0.1, 0.15) is 59.2 Å². The molecule has 0 N–H and O–H groups in total. The molecule has 2 rings (SSSR count). The van der Waals surface area contributed by atoms with E-state index in [0.29, 0.717) is 40.6 Å². The number of fused-ring (bicyclic) bond motifs is 1. The molecule has 8 heteroatoms. The number of nitrogens with zero attached hydrogens (tertiary/aromatic N) is 5. The zero-order chi connectivity index (χ0) is 20.4. The standard InChI is InChI=1S/C19H27N5O2S/c1-7-9-24-15-13(17(25)23(6)18(24)26)16(22-14(21-15)12(2)3)27-10-8-19(4,5)11-20/h12H,7-10H2,1-6H3. The molecule has 0 unspecified atom stereocenters. The van der Waals surface area contributed by atoms with Crippen molar-refractivity contribution < 1.29 is 0 Å². The third-order valence-corrected chi connectivity index (χ3v) is 5.38. The summed E-state index contributed by atoms with van der Waals surface area (Å²) in [7, 11) is 1.49. The molecule has 0 bridgehead atoms. The van der Waals surface area contributed by atoms with Gasteiger partial charge in [-0.15, -0.1) is 11.8 Å². The largest absolute Gasteiger partial charge is 0.332 e. The highest BCUT2D eigenvalue weighted by Gasteiger charge is 2.21. The van der Waals surface area contributed by atoms with Crippen LogP contribution in [0.25, 0.3) is 11.0 Å². The predicted octanol–water partition coefficient (Wildman–Crippen LogP) is 3.06. The summed E-state index contributed by atoms with van der Waals surface area (Å²) in [5.41, 5.74) is -0.763. The van der Waals surface area contributed by atoms with Crippen molar-refractivity contribution in [1.82, 2.24) is 19.1 Å². The molecule has 0 saturated heterocycles. The maximum Gasteiger partial charge on any atom is 0.332 e. The number of aryl methyl sites for hydroxylation is 1. The van der Waals surface area contributed by atoms with E-state index >= 15 is 0 Å². The minimum Gasteiger partial charge on any atom is -0.277 e. The van der Waals surface area contributed by atoms with E-state index in [1.807, 2.05) is 34.6 Å². The lowest BCUT2D eigenvalue weighted by molar-refractivity contribution is 0.482. The molecule has 2 aromatic rings. The van der Waals surface area contributed by atoms with Crippen LogP contribution >= 0.6 is 11.8 Å². The van der Waals surface area contributed by atoms with Gasteiger partial charge in [0.05, 0.1) is 11.5 Å². The highest BCUT2D eigenvalue weighted by Crippen LogP contribution is 2.28. The Bertz CT molecular complexity index is 998. The fraction of sp³-hybridized carbons (Fsp3) is 0.632. The molecular formula is C19H27N5O2S. The summed E-state index contributed by atoms with van der Waals surface area (Å²) in [6.07, 6.45) is 1.43. The summed E-state index contributed by atoms with van der Waals surface area (Å²) < 4.78 is 2.69. The van der Waals surface area contributed by atoms with Gasteiger partial charge in [0.1, 0.15) is 16.2 Å². The monoisotopic (exact) mass is 389 g/mol. The van der Waals surface area contributed by atoms with E-state index in [2.05, 4.69) is 16.0 Å². The Hall–Kier alpha value is -2.14. The molecule has 0 aliphatic rings. The number of hydrogen-bond donors (Lipinski definition) is 0. The molecular weight excluding hydrogens is 362 g/mol. The highest BCUT2D eigenvalue weighted by atomic mass is 32.2. The second-order valence-corrected chi connectivity index (χ2v) is 8.72. The van der Waals surface area contributed by atoms with Gasteiger partial charge in [-0.3, -0.25) is 13.9 Å². The Morgan fingerprint density at radius 2 is 1.93 bits per heavy atom. The lowest BCUT2D eigenvalue weighted by Gasteiger charge is -2.16. The van der Waals surface area contributed by atoms with Gasteiger partial charge in [0.15, 0.2) is 5.65 Å². The van der Waals surface area contributed by atoms with Gasteiger partial charge in [-0.25, -0.2) is 14.8 Å². The number of hydrogen-bond acceptors (Lipinski definition) is 6. The van der Waals surface area contributed by atoms with E-state index < -0.39 is 5.41 Å². The van der Waals surface area contributed by atoms with Crippen molar-refractivity contribution in [2.24, 2.45) is 12.5 Å². The van der Waals surface area contributed by atoms with Gasteiger partial charge in [0.25, 0.3) is 5.56 Å². The quantitative estimate of drug-likeness (QED) is 0.534. The fourth-order valence-electron chi connectivity index (χ4n) is 2.60. The number of thioether (sulfide) groups is 1. The smallest absolute Gasteiger partial charge is 0.277 e. The first-order valence-corrected chi connectivity index (χ1v) is 10.2. The van der Waals surface area contributed by atoms with Crippen molar-refractivity contribution in [3.63, 3.8) is 0 Å². The summed E-state index contributed by atoms with van der Waals surface area (Å²) >= 11 is 1.45. The molecule has 0 radical (unpaired) electrons. The van der Waals surface area contributed by atoms with E-state index in [-0.39, 0.29) is 17.2 Å². The molecule has 2 aromatic heterocycles. The third kappa shape index (κ3) is 4.41. The summed E-state index contributed by atoms with van der Waals surface area (Å²) in [5.74, 6) is 1.33. The second-order valence-electron chi connectivity index (χ2n) is 7.63. The van der Waals surface area contributed by atoms with Crippen LogP contribution in [0.4, 0.5) is 0 Å². The zero-order valence-corrected chi connectivity index (χ0v) is 17.7. The van der Waals surface area contributed by atoms with Crippen LogP contribution in [-0.2, 0) is 13.6 Å². The number of aromatic nitrogens is 4.